The van der Waals surface area contributed by atoms with Crippen LogP contribution in [0.25, 0.3) is 0 Å². The van der Waals surface area contributed by atoms with Gasteiger partial charge in [-0.3, -0.25) is 0 Å². The molecule has 108 valence electrons. The number of benzene rings is 1. The van der Waals surface area contributed by atoms with E-state index in [0.717, 1.165) is 17.1 Å². The Morgan fingerprint density at radius 2 is 1.63 bits per heavy atom. The molecule has 0 bridgehead atoms. The molecule has 0 saturated heterocycles. The molecule has 0 aliphatic rings. The van der Waals surface area contributed by atoms with E-state index in [4.69, 9.17) is 9.16 Å². The summed E-state index contributed by atoms with van der Waals surface area (Å²) in [7, 11) is -0.156. The van der Waals surface area contributed by atoms with E-state index in [0.29, 0.717) is 5.92 Å². The van der Waals surface area contributed by atoms with Crippen molar-refractivity contribution in [2.24, 2.45) is 5.92 Å². The normalized spacial score (nSPS) is 12.7. The predicted octanol–water partition coefficient (Wildman–Crippen LogP) is 5.02. The topological polar surface area (TPSA) is 18.5 Å². The van der Waals surface area contributed by atoms with Crippen LogP contribution in [0.5, 0.6) is 11.5 Å². The molecule has 1 aromatic carbocycles. The van der Waals surface area contributed by atoms with E-state index in [1.165, 1.54) is 0 Å². The summed E-state index contributed by atoms with van der Waals surface area (Å²) in [6, 6.07) is 6.02. The molecule has 1 aromatic rings. The second kappa shape index (κ2) is 5.57. The third-order valence-electron chi connectivity index (χ3n) is 4.81. The zero-order valence-electron chi connectivity index (χ0n) is 13.6. The Morgan fingerprint density at radius 1 is 1.11 bits per heavy atom. The van der Waals surface area contributed by atoms with Crippen LogP contribution >= 0.6 is 0 Å². The predicted molar refractivity (Wildman–Crippen MR) is 84.7 cm³/mol. The summed E-state index contributed by atoms with van der Waals surface area (Å²) in [6.45, 7) is 15.8. The van der Waals surface area contributed by atoms with E-state index in [1.807, 2.05) is 18.2 Å². The molecule has 0 atom stereocenters. The van der Waals surface area contributed by atoms with Crippen LogP contribution in [-0.4, -0.2) is 15.4 Å². The van der Waals surface area contributed by atoms with Crippen molar-refractivity contribution in [2.75, 3.05) is 7.11 Å². The minimum atomic E-state index is -1.86. The first-order valence-corrected chi connectivity index (χ1v) is 9.87. The molecular weight excluding hydrogens is 252 g/mol. The minimum Gasteiger partial charge on any atom is -0.543 e. The van der Waals surface area contributed by atoms with Crippen LogP contribution in [-0.2, 0) is 0 Å². The average molecular weight is 280 g/mol. The van der Waals surface area contributed by atoms with E-state index < -0.39 is 8.32 Å². The van der Waals surface area contributed by atoms with Gasteiger partial charge < -0.3 is 9.16 Å². The zero-order valence-corrected chi connectivity index (χ0v) is 14.6. The van der Waals surface area contributed by atoms with Gasteiger partial charge in [0.05, 0.1) is 7.11 Å². The zero-order chi connectivity index (χ0) is 14.8. The maximum Gasteiger partial charge on any atom is 0.251 e. The summed E-state index contributed by atoms with van der Waals surface area (Å²) >= 11 is 0. The second-order valence-electron chi connectivity index (χ2n) is 6.57. The van der Waals surface area contributed by atoms with Crippen LogP contribution in [0.1, 0.15) is 33.3 Å². The summed E-state index contributed by atoms with van der Waals surface area (Å²) in [5, 5.41) is 0.211. The van der Waals surface area contributed by atoms with Crippen LogP contribution in [0.2, 0.25) is 18.1 Å². The molecule has 0 fully saturated rings. The van der Waals surface area contributed by atoms with Gasteiger partial charge in [0, 0.05) is 5.56 Å². The number of ether oxygens (including phenoxy) is 1. The van der Waals surface area contributed by atoms with Crippen molar-refractivity contribution >= 4 is 8.32 Å². The van der Waals surface area contributed by atoms with E-state index in [1.54, 1.807) is 7.11 Å². The van der Waals surface area contributed by atoms with Gasteiger partial charge in [-0.25, -0.2) is 0 Å². The van der Waals surface area contributed by atoms with Crippen molar-refractivity contribution in [1.29, 1.82) is 0 Å². The molecule has 0 aliphatic heterocycles. The maximum absolute atomic E-state index is 6.46. The number of hydrogen-bond donors (Lipinski definition) is 0. The highest BCUT2D eigenvalue weighted by Crippen LogP contribution is 2.45. The molecule has 0 radical (unpaired) electrons. The number of rotatable bonds is 5. The third-order valence-corrected chi connectivity index (χ3v) is 9.23. The summed E-state index contributed by atoms with van der Waals surface area (Å²) in [5.41, 5.74) is 1.09. The summed E-state index contributed by atoms with van der Waals surface area (Å²) < 4.78 is 11.8. The van der Waals surface area contributed by atoms with Gasteiger partial charge in [-0.15, -0.1) is 0 Å². The lowest BCUT2D eigenvalue weighted by atomic mass is 9.99. The van der Waals surface area contributed by atoms with Gasteiger partial charge in [-0.2, -0.15) is 0 Å². The van der Waals surface area contributed by atoms with Crippen molar-refractivity contribution in [1.82, 2.24) is 0 Å². The Morgan fingerprint density at radius 3 is 2.11 bits per heavy atom. The Kier molecular flexibility index (Phi) is 4.72. The van der Waals surface area contributed by atoms with Crippen LogP contribution in [0.3, 0.4) is 0 Å². The average Bonchev–Trinajstić information content (AvgIpc) is 2.31. The molecule has 0 aromatic heterocycles. The smallest absolute Gasteiger partial charge is 0.251 e. The Labute approximate surface area is 119 Å². The molecule has 0 spiro atoms. The minimum absolute atomic E-state index is 0.211. The Hall–Kier alpha value is -0.963. The van der Waals surface area contributed by atoms with Gasteiger partial charge in [0.15, 0.2) is 0 Å². The third kappa shape index (κ3) is 3.14. The van der Waals surface area contributed by atoms with Crippen LogP contribution in [0, 0.1) is 12.8 Å². The fourth-order valence-electron chi connectivity index (χ4n) is 2.03. The lowest BCUT2D eigenvalue weighted by Crippen LogP contribution is -2.48. The van der Waals surface area contributed by atoms with Crippen LogP contribution in [0.15, 0.2) is 18.2 Å². The molecule has 0 heterocycles. The van der Waals surface area contributed by atoms with E-state index in [9.17, 15) is 0 Å². The monoisotopic (exact) mass is 280 g/mol. The molecule has 0 saturated carbocycles. The molecule has 0 unspecified atom stereocenters. The highest BCUT2D eigenvalue weighted by Gasteiger charge is 2.45. The Balaban J connectivity index is 3.08. The van der Waals surface area contributed by atoms with E-state index in [2.05, 4.69) is 47.7 Å². The van der Waals surface area contributed by atoms with Crippen molar-refractivity contribution in [2.45, 2.75) is 52.8 Å². The first kappa shape index (κ1) is 16.1. The lowest BCUT2D eigenvalue weighted by Gasteiger charge is -2.42. The van der Waals surface area contributed by atoms with Gasteiger partial charge >= 0.3 is 0 Å². The van der Waals surface area contributed by atoms with Gasteiger partial charge in [0.1, 0.15) is 11.5 Å². The highest BCUT2D eigenvalue weighted by molar-refractivity contribution is 6.75. The summed E-state index contributed by atoms with van der Waals surface area (Å²) in [6.07, 6.45) is 0. The SMILES string of the molecule is COc1cccc(O[Si](C)(C)C(C)(C)C(C)C)c1C. The molecule has 1 rings (SSSR count). The van der Waals surface area contributed by atoms with Crippen molar-refractivity contribution in [3.05, 3.63) is 23.8 Å². The molecular formula is C16H28O2Si. The van der Waals surface area contributed by atoms with Gasteiger partial charge in [-0.1, -0.05) is 33.8 Å². The van der Waals surface area contributed by atoms with E-state index >= 15 is 0 Å². The molecule has 0 aliphatic carbocycles. The van der Waals surface area contributed by atoms with Crippen molar-refractivity contribution < 1.29 is 9.16 Å². The molecule has 0 N–H and O–H groups in total. The fraction of sp³-hybridized carbons (Fsp3) is 0.625. The number of methoxy groups -OCH3 is 1. The Bertz CT molecular complexity index is 436. The molecule has 3 heteroatoms. The van der Waals surface area contributed by atoms with Crippen molar-refractivity contribution in [3.8, 4) is 11.5 Å². The quantitative estimate of drug-likeness (QED) is 0.705. The molecule has 2 nitrogen and oxygen atoms in total. The summed E-state index contributed by atoms with van der Waals surface area (Å²) in [4.78, 5) is 0. The van der Waals surface area contributed by atoms with Crippen LogP contribution < -0.4 is 9.16 Å². The first-order valence-electron chi connectivity index (χ1n) is 6.96. The summed E-state index contributed by atoms with van der Waals surface area (Å²) in [5.74, 6) is 2.45. The van der Waals surface area contributed by atoms with Crippen molar-refractivity contribution in [3.63, 3.8) is 0 Å². The highest BCUT2D eigenvalue weighted by atomic mass is 28.4. The maximum atomic E-state index is 6.46. The molecule has 19 heavy (non-hydrogen) atoms. The van der Waals surface area contributed by atoms with Gasteiger partial charge in [0.25, 0.3) is 8.32 Å². The lowest BCUT2D eigenvalue weighted by molar-refractivity contribution is 0.386. The molecule has 0 amide bonds. The fourth-order valence-corrected chi connectivity index (χ4v) is 4.45. The largest absolute Gasteiger partial charge is 0.543 e. The standard InChI is InChI=1S/C16H28O2Si/c1-12(2)16(4,5)19(7,8)18-15-11-9-10-14(17-6)13(15)3/h9-12H,1-8H3. The first-order chi connectivity index (χ1) is 8.63. The van der Waals surface area contributed by atoms with Gasteiger partial charge in [0.2, 0.25) is 0 Å². The van der Waals surface area contributed by atoms with Crippen LogP contribution in [0.4, 0.5) is 0 Å². The second-order valence-corrected chi connectivity index (χ2v) is 11.1. The van der Waals surface area contributed by atoms with E-state index in [-0.39, 0.29) is 5.04 Å². The number of hydrogen-bond acceptors (Lipinski definition) is 2. The van der Waals surface area contributed by atoms with Gasteiger partial charge in [-0.05, 0) is 43.1 Å².